The van der Waals surface area contributed by atoms with Crippen LogP contribution in [0.1, 0.15) is 0 Å². The number of para-hydroxylation sites is 10. The van der Waals surface area contributed by atoms with Gasteiger partial charge in [0.15, 0.2) is 17.5 Å². The van der Waals surface area contributed by atoms with Crippen molar-refractivity contribution in [2.24, 2.45) is 0 Å². The number of fused-ring (bicyclic) bond motifs is 18. The van der Waals surface area contributed by atoms with Crippen molar-refractivity contribution in [3.8, 4) is 135 Å². The maximum Gasteiger partial charge on any atom is 0.160 e. The fourth-order valence-electron chi connectivity index (χ4n) is 22.4. The topological polar surface area (TPSA) is 107 Å². The summed E-state index contributed by atoms with van der Waals surface area (Å²) in [5.41, 5.74) is 38.6. The predicted octanol–water partition coefficient (Wildman–Crippen LogP) is 35.0. The summed E-state index contributed by atoms with van der Waals surface area (Å²) >= 11 is 0. The number of benzene rings is 21. The van der Waals surface area contributed by atoms with Crippen LogP contribution in [0.3, 0.4) is 0 Å². The average molecular weight is 1920 g/mol. The van der Waals surface area contributed by atoms with E-state index in [0.29, 0.717) is 17.5 Å². The second-order valence-electron chi connectivity index (χ2n) is 37.9. The highest BCUT2D eigenvalue weighted by Gasteiger charge is 2.29. The zero-order chi connectivity index (χ0) is 99.1. The molecular formula is C138H90N12. The summed E-state index contributed by atoms with van der Waals surface area (Å²) in [5, 5.41) is 10.4. The molecule has 0 saturated heterocycles. The molecule has 0 N–H and O–H groups in total. The van der Waals surface area contributed by atoms with Gasteiger partial charge < -0.3 is 27.4 Å². The standard InChI is InChI=1S/3C46H30N4/c1-4-15-31(16-5-1)32-17-14-18-33(29-32)43-45-44(38-24-11-13-26-41(38)50(45)36-21-8-3-9-22-36)48-46(47-43)34-27-28-42-39(30-34)37-23-10-12-25-40(37)49(42)35-19-6-2-7-20-35;1-4-15-31(16-5-1)33-19-14-22-36(29-33)49-40-25-12-10-23-37(40)39-30-34(27-28-42(39)49)46-47-43(32-17-6-2-7-18-32)45-44(48-46)38-24-11-13-26-41(38)50(45)35-20-8-3-9-21-35;1-4-14-31(15-5-1)32-24-27-36(28-25-32)49-40-22-12-10-20-37(40)39-30-34(26-29-42(39)49)46-47-43(33-16-6-2-7-17-33)45-44(48-46)38-21-11-13-23-41(38)50(45)35-18-8-3-9-19-35/h3*1-30H. The van der Waals surface area contributed by atoms with Crippen molar-refractivity contribution in [2.75, 3.05) is 0 Å². The van der Waals surface area contributed by atoms with E-state index < -0.39 is 0 Å². The molecule has 0 radical (unpaired) electrons. The minimum Gasteiger partial charge on any atom is -0.309 e. The normalized spacial score (nSPS) is 11.6. The molecular weight excluding hydrogens is 1830 g/mol. The molecule has 9 heterocycles. The van der Waals surface area contributed by atoms with Crippen molar-refractivity contribution in [1.82, 2.24) is 57.3 Å². The molecule has 0 aliphatic carbocycles. The molecule has 21 aromatic carbocycles. The van der Waals surface area contributed by atoms with Crippen molar-refractivity contribution in [3.05, 3.63) is 546 Å². The van der Waals surface area contributed by atoms with Crippen LogP contribution in [0.5, 0.6) is 0 Å². The van der Waals surface area contributed by atoms with Crippen LogP contribution in [0.2, 0.25) is 0 Å². The van der Waals surface area contributed by atoms with Gasteiger partial charge in [-0.25, -0.2) is 29.9 Å². The average Bonchev–Trinajstić information content (AvgIpc) is 1.57. The van der Waals surface area contributed by atoms with Crippen molar-refractivity contribution in [1.29, 1.82) is 0 Å². The Balaban J connectivity index is 0.000000108. The molecule has 702 valence electrons. The van der Waals surface area contributed by atoms with Crippen LogP contribution >= 0.6 is 0 Å². The summed E-state index contributed by atoms with van der Waals surface area (Å²) < 4.78 is 14.0. The van der Waals surface area contributed by atoms with Gasteiger partial charge >= 0.3 is 0 Å². The Morgan fingerprint density at radius 1 is 0.113 bits per heavy atom. The van der Waals surface area contributed by atoms with E-state index >= 15 is 0 Å². The highest BCUT2D eigenvalue weighted by molar-refractivity contribution is 6.18. The monoisotopic (exact) mass is 1910 g/mol. The van der Waals surface area contributed by atoms with E-state index in [1.807, 2.05) is 0 Å². The van der Waals surface area contributed by atoms with Crippen LogP contribution in [0.25, 0.3) is 267 Å². The molecule has 30 rings (SSSR count). The molecule has 0 aliphatic heterocycles. The van der Waals surface area contributed by atoms with Crippen molar-refractivity contribution in [2.45, 2.75) is 0 Å². The van der Waals surface area contributed by atoms with Gasteiger partial charge in [-0.1, -0.05) is 376 Å². The van der Waals surface area contributed by atoms with Gasteiger partial charge in [-0.05, 0) is 203 Å². The Bertz CT molecular complexity index is 10400. The molecule has 12 heteroatoms. The Morgan fingerprint density at radius 3 is 0.667 bits per heavy atom. The largest absolute Gasteiger partial charge is 0.309 e. The van der Waals surface area contributed by atoms with Crippen LogP contribution in [0.4, 0.5) is 0 Å². The van der Waals surface area contributed by atoms with Crippen molar-refractivity contribution >= 4 is 131 Å². The number of nitrogens with zero attached hydrogens (tertiary/aromatic N) is 12. The van der Waals surface area contributed by atoms with Crippen molar-refractivity contribution < 1.29 is 0 Å². The Labute approximate surface area is 863 Å². The minimum absolute atomic E-state index is 0.701. The van der Waals surface area contributed by atoms with Crippen LogP contribution < -0.4 is 0 Å². The second kappa shape index (κ2) is 37.1. The molecule has 0 bridgehead atoms. The molecule has 0 unspecified atom stereocenters. The molecule has 9 aromatic heterocycles. The fourth-order valence-corrected chi connectivity index (χ4v) is 22.4. The van der Waals surface area contributed by atoms with E-state index in [4.69, 9.17) is 29.9 Å². The number of hydrogen-bond donors (Lipinski definition) is 0. The summed E-state index contributed by atoms with van der Waals surface area (Å²) in [4.78, 5) is 32.3. The maximum atomic E-state index is 5.47. The first-order valence-electron chi connectivity index (χ1n) is 50.8. The van der Waals surface area contributed by atoms with E-state index in [0.717, 1.165) is 178 Å². The summed E-state index contributed by atoms with van der Waals surface area (Å²) in [6.45, 7) is 0. The summed E-state index contributed by atoms with van der Waals surface area (Å²) in [6, 6.07) is 193. The van der Waals surface area contributed by atoms with E-state index in [2.05, 4.69) is 573 Å². The van der Waals surface area contributed by atoms with E-state index in [1.165, 1.54) is 71.2 Å². The first-order chi connectivity index (χ1) is 74.4. The lowest BCUT2D eigenvalue weighted by Crippen LogP contribution is -2.00. The molecule has 30 aromatic rings. The van der Waals surface area contributed by atoms with Gasteiger partial charge in [0.2, 0.25) is 0 Å². The summed E-state index contributed by atoms with van der Waals surface area (Å²) in [7, 11) is 0. The first kappa shape index (κ1) is 87.5. The molecule has 0 aliphatic rings. The lowest BCUT2D eigenvalue weighted by atomic mass is 10.0. The van der Waals surface area contributed by atoms with Gasteiger partial charge in [0.1, 0.15) is 16.6 Å². The number of aromatic nitrogens is 12. The SMILES string of the molecule is c1ccc(-c2ccc(-n3c4ccccc4c4cc(-c5nc(-c6ccccc6)c6c(n5)c5ccccc5n6-c5ccccc5)ccc43)cc2)cc1.c1ccc(-c2cccc(-c3nc(-c4ccc5c(c4)c4ccccc4n5-c4ccccc4)nc4c5ccccc5n(-c5ccccc5)c34)c2)cc1.c1ccc(-c2cccc(-n3c4ccccc4c4cc(-c5nc(-c6ccccc6)c6c(n5)c5ccccc5n6-c5ccccc5)ccc43)c2)cc1. The maximum absolute atomic E-state index is 5.47. The predicted molar refractivity (Wildman–Crippen MR) is 621 cm³/mol. The lowest BCUT2D eigenvalue weighted by molar-refractivity contribution is 1.15. The van der Waals surface area contributed by atoms with Crippen LogP contribution in [0.15, 0.2) is 546 Å². The van der Waals surface area contributed by atoms with Gasteiger partial charge in [-0.15, -0.1) is 0 Å². The third kappa shape index (κ3) is 15.2. The minimum atomic E-state index is 0.701. The number of hydrogen-bond acceptors (Lipinski definition) is 6. The van der Waals surface area contributed by atoms with Crippen molar-refractivity contribution in [3.63, 3.8) is 0 Å². The van der Waals surface area contributed by atoms with E-state index in [9.17, 15) is 0 Å². The van der Waals surface area contributed by atoms with E-state index in [1.54, 1.807) is 0 Å². The van der Waals surface area contributed by atoms with Gasteiger partial charge in [-0.3, -0.25) is 0 Å². The van der Waals surface area contributed by atoms with E-state index in [-0.39, 0.29) is 0 Å². The van der Waals surface area contributed by atoms with Gasteiger partial charge in [0.05, 0.1) is 83.3 Å². The van der Waals surface area contributed by atoms with Gasteiger partial charge in [-0.2, -0.15) is 0 Å². The molecule has 0 saturated carbocycles. The smallest absolute Gasteiger partial charge is 0.160 e. The van der Waals surface area contributed by atoms with Crippen LogP contribution in [0, 0.1) is 0 Å². The van der Waals surface area contributed by atoms with Gasteiger partial charge in [0, 0.05) is 116 Å². The Kier molecular flexibility index (Phi) is 21.6. The quantitative estimate of drug-likeness (QED) is 0.101. The Morgan fingerprint density at radius 2 is 0.327 bits per heavy atom. The molecule has 0 amide bonds. The van der Waals surface area contributed by atoms with Crippen LogP contribution in [-0.2, 0) is 0 Å². The molecule has 0 fully saturated rings. The fraction of sp³-hybridized carbons (Fsp3) is 0. The van der Waals surface area contributed by atoms with Gasteiger partial charge in [0.25, 0.3) is 0 Å². The zero-order valence-corrected chi connectivity index (χ0v) is 81.3. The Hall–Kier alpha value is -20.3. The highest BCUT2D eigenvalue weighted by Crippen LogP contribution is 2.47. The molecule has 150 heavy (non-hydrogen) atoms. The lowest BCUT2D eigenvalue weighted by Gasteiger charge is -2.13. The third-order valence-corrected chi connectivity index (χ3v) is 29.2. The third-order valence-electron chi connectivity index (χ3n) is 29.2. The van der Waals surface area contributed by atoms with Crippen LogP contribution in [-0.4, -0.2) is 57.3 Å². The molecule has 0 atom stereocenters. The second-order valence-corrected chi connectivity index (χ2v) is 37.9. The number of rotatable bonds is 15. The first-order valence-corrected chi connectivity index (χ1v) is 50.8. The zero-order valence-electron chi connectivity index (χ0n) is 81.3. The molecule has 12 nitrogen and oxygen atoms in total. The summed E-state index contributed by atoms with van der Waals surface area (Å²) in [5.74, 6) is 2.11. The summed E-state index contributed by atoms with van der Waals surface area (Å²) in [6.07, 6.45) is 0. The molecule has 0 spiro atoms. The highest BCUT2D eigenvalue weighted by atomic mass is 15.1.